The van der Waals surface area contributed by atoms with Gasteiger partial charge in [0.2, 0.25) is 0 Å². The summed E-state index contributed by atoms with van der Waals surface area (Å²) in [4.78, 5) is 9.00. The molecule has 4 heteroatoms. The Labute approximate surface area is 62.2 Å². The second-order valence-electron chi connectivity index (χ2n) is 0.402. The number of rotatable bonds is 0. The Morgan fingerprint density at radius 3 is 1.40 bits per heavy atom. The SMILES string of the molecule is NC(N)=O.[Sm]. The van der Waals surface area contributed by atoms with Crippen molar-refractivity contribution in [2.24, 2.45) is 11.5 Å². The molecule has 0 heterocycles. The van der Waals surface area contributed by atoms with Crippen LogP contribution in [0, 0.1) is 40.4 Å². The first-order chi connectivity index (χ1) is 1.73. The van der Waals surface area contributed by atoms with Gasteiger partial charge in [-0.3, -0.25) is 0 Å². The molecule has 0 aliphatic rings. The van der Waals surface area contributed by atoms with Crippen molar-refractivity contribution in [2.75, 3.05) is 0 Å². The normalized spacial score (nSPS) is 4.80. The van der Waals surface area contributed by atoms with Gasteiger partial charge in [0, 0.05) is 40.4 Å². The maximum absolute atomic E-state index is 9.00. The molecule has 0 unspecified atom stereocenters. The van der Waals surface area contributed by atoms with E-state index >= 15 is 0 Å². The Morgan fingerprint density at radius 2 is 1.40 bits per heavy atom. The molecule has 0 aromatic rings. The van der Waals surface area contributed by atoms with Gasteiger partial charge in [0.25, 0.3) is 0 Å². The van der Waals surface area contributed by atoms with Crippen LogP contribution in [0.3, 0.4) is 0 Å². The standard InChI is InChI=1S/CH4N2O.Sm/c2-1(3)4;/h(H4,2,3,4);. The van der Waals surface area contributed by atoms with Crippen LogP contribution < -0.4 is 11.5 Å². The summed E-state index contributed by atoms with van der Waals surface area (Å²) in [5, 5.41) is 0. The van der Waals surface area contributed by atoms with Crippen LogP contribution in [0.15, 0.2) is 0 Å². The van der Waals surface area contributed by atoms with Crippen molar-refractivity contribution < 1.29 is 45.2 Å². The Kier molecular flexibility index (Phi) is 8.43. The van der Waals surface area contributed by atoms with Gasteiger partial charge in [-0.1, -0.05) is 0 Å². The minimum atomic E-state index is -0.833. The second-order valence-corrected chi connectivity index (χ2v) is 0.402. The number of nitrogens with two attached hydrogens (primary N) is 2. The van der Waals surface area contributed by atoms with Gasteiger partial charge < -0.3 is 11.5 Å². The molecule has 30 valence electrons. The van der Waals surface area contributed by atoms with Gasteiger partial charge in [-0.2, -0.15) is 0 Å². The molecule has 0 aliphatic carbocycles. The van der Waals surface area contributed by atoms with Crippen LogP contribution in [0.4, 0.5) is 4.79 Å². The summed E-state index contributed by atoms with van der Waals surface area (Å²) in [6.07, 6.45) is 0. The molecular formula is CH4N2OSm. The molecule has 0 saturated heterocycles. The minimum absolute atomic E-state index is 0. The van der Waals surface area contributed by atoms with Gasteiger partial charge in [-0.15, -0.1) is 0 Å². The Bertz CT molecular complexity index is 32.6. The molecule has 0 spiro atoms. The first-order valence-corrected chi connectivity index (χ1v) is 0.781. The molecule has 0 radical (unpaired) electrons. The molecule has 5 heavy (non-hydrogen) atoms. The van der Waals surface area contributed by atoms with E-state index in [2.05, 4.69) is 11.5 Å². The number of hydrogen-bond donors (Lipinski definition) is 2. The van der Waals surface area contributed by atoms with Gasteiger partial charge >= 0.3 is 6.03 Å². The zero-order chi connectivity index (χ0) is 3.58. The molecule has 0 aromatic heterocycles. The van der Waals surface area contributed by atoms with Gasteiger partial charge in [0.1, 0.15) is 0 Å². The topological polar surface area (TPSA) is 69.1 Å². The van der Waals surface area contributed by atoms with E-state index in [-0.39, 0.29) is 40.4 Å². The Hall–Kier alpha value is 0.608. The van der Waals surface area contributed by atoms with E-state index in [1.807, 2.05) is 0 Å². The van der Waals surface area contributed by atoms with Crippen molar-refractivity contribution in [1.82, 2.24) is 0 Å². The van der Waals surface area contributed by atoms with E-state index in [1.54, 1.807) is 0 Å². The summed E-state index contributed by atoms with van der Waals surface area (Å²) in [5.74, 6) is 0. The fourth-order valence-electron chi connectivity index (χ4n) is 0. The van der Waals surface area contributed by atoms with Crippen molar-refractivity contribution >= 4 is 6.03 Å². The summed E-state index contributed by atoms with van der Waals surface area (Å²) in [6.45, 7) is 0. The monoisotopic (exact) mass is 212 g/mol. The maximum Gasteiger partial charge on any atom is 0.309 e. The third-order valence-corrected chi connectivity index (χ3v) is 0. The van der Waals surface area contributed by atoms with Gasteiger partial charge in [0.15, 0.2) is 0 Å². The molecular weight excluding hydrogens is 206 g/mol. The number of carbonyl (C=O) groups is 1. The predicted octanol–water partition coefficient (Wildman–Crippen LogP) is -0.976. The number of hydrogen-bond acceptors (Lipinski definition) is 1. The van der Waals surface area contributed by atoms with E-state index < -0.39 is 6.03 Å². The molecule has 2 amide bonds. The van der Waals surface area contributed by atoms with Crippen LogP contribution >= 0.6 is 0 Å². The number of primary amides is 2. The maximum atomic E-state index is 9.00. The van der Waals surface area contributed by atoms with Crippen LogP contribution in [0.2, 0.25) is 0 Å². The van der Waals surface area contributed by atoms with E-state index in [1.165, 1.54) is 0 Å². The summed E-state index contributed by atoms with van der Waals surface area (Å²) in [5.41, 5.74) is 8.50. The summed E-state index contributed by atoms with van der Waals surface area (Å²) in [7, 11) is 0. The molecule has 0 rings (SSSR count). The number of carbonyl (C=O) groups excluding carboxylic acids is 1. The first-order valence-electron chi connectivity index (χ1n) is 0.781. The summed E-state index contributed by atoms with van der Waals surface area (Å²) in [6, 6.07) is -0.833. The summed E-state index contributed by atoms with van der Waals surface area (Å²) < 4.78 is 0. The zero-order valence-electron chi connectivity index (χ0n) is 2.47. The first kappa shape index (κ1) is 9.15. The van der Waals surface area contributed by atoms with Gasteiger partial charge in [-0.25, -0.2) is 4.79 Å². The number of urea groups is 1. The van der Waals surface area contributed by atoms with Crippen LogP contribution in [-0.2, 0) is 0 Å². The fraction of sp³-hybridized carbons (Fsp3) is 0. The molecule has 0 bridgehead atoms. The van der Waals surface area contributed by atoms with Crippen LogP contribution in [-0.4, -0.2) is 6.03 Å². The van der Waals surface area contributed by atoms with Crippen LogP contribution in [0.5, 0.6) is 0 Å². The predicted molar refractivity (Wildman–Crippen MR) is 13.8 cm³/mol. The molecule has 0 fully saturated rings. The largest absolute Gasteiger partial charge is 0.352 e. The van der Waals surface area contributed by atoms with E-state index in [0.717, 1.165) is 0 Å². The third kappa shape index (κ3) is 84.9. The quantitative estimate of drug-likeness (QED) is 0.530. The van der Waals surface area contributed by atoms with Crippen molar-refractivity contribution in [3.63, 3.8) is 0 Å². The average molecular weight is 210 g/mol. The smallest absolute Gasteiger partial charge is 0.309 e. The van der Waals surface area contributed by atoms with Gasteiger partial charge in [0.05, 0.1) is 0 Å². The molecule has 0 aromatic carbocycles. The van der Waals surface area contributed by atoms with E-state index in [9.17, 15) is 0 Å². The minimum Gasteiger partial charge on any atom is -0.352 e. The van der Waals surface area contributed by atoms with Crippen molar-refractivity contribution in [3.05, 3.63) is 0 Å². The van der Waals surface area contributed by atoms with E-state index in [0.29, 0.717) is 0 Å². The zero-order valence-corrected chi connectivity index (χ0v) is 5.09. The number of amides is 2. The molecule has 0 aliphatic heterocycles. The Morgan fingerprint density at radius 1 is 1.40 bits per heavy atom. The van der Waals surface area contributed by atoms with Crippen molar-refractivity contribution in [2.45, 2.75) is 0 Å². The van der Waals surface area contributed by atoms with Crippen molar-refractivity contribution in [3.8, 4) is 0 Å². The second kappa shape index (κ2) is 4.61. The molecule has 0 atom stereocenters. The molecule has 0 saturated carbocycles. The van der Waals surface area contributed by atoms with Gasteiger partial charge in [-0.05, 0) is 0 Å². The summed E-state index contributed by atoms with van der Waals surface area (Å²) >= 11 is 0. The Balaban J connectivity index is 0. The fourth-order valence-corrected chi connectivity index (χ4v) is 0. The molecule has 3 nitrogen and oxygen atoms in total. The van der Waals surface area contributed by atoms with Crippen molar-refractivity contribution in [1.29, 1.82) is 0 Å². The van der Waals surface area contributed by atoms with Crippen LogP contribution in [0.25, 0.3) is 0 Å². The average Bonchev–Trinajstić information content (AvgIpc) is 0.811. The van der Waals surface area contributed by atoms with E-state index in [4.69, 9.17) is 4.79 Å². The molecule has 4 N–H and O–H groups in total. The third-order valence-electron chi connectivity index (χ3n) is 0. The van der Waals surface area contributed by atoms with Crippen LogP contribution in [0.1, 0.15) is 0 Å².